The molecule has 2 aromatic rings. The fourth-order valence-electron chi connectivity index (χ4n) is 2.05. The first kappa shape index (κ1) is 9.47. The Morgan fingerprint density at radius 1 is 1.25 bits per heavy atom. The summed E-state index contributed by atoms with van der Waals surface area (Å²) in [6.45, 7) is 2.03. The molecule has 3 rings (SSSR count). The summed E-state index contributed by atoms with van der Waals surface area (Å²) in [5.74, 6) is 0.552. The van der Waals surface area contributed by atoms with Gasteiger partial charge in [-0.3, -0.25) is 4.98 Å². The van der Waals surface area contributed by atoms with Crippen LogP contribution >= 0.6 is 0 Å². The van der Waals surface area contributed by atoms with Crippen LogP contribution in [-0.4, -0.2) is 33.1 Å². The lowest BCUT2D eigenvalue weighted by Crippen LogP contribution is -2.47. The van der Waals surface area contributed by atoms with Gasteiger partial charge in [0.25, 0.3) is 0 Å². The monoisotopic (exact) mass is 215 g/mol. The molecule has 1 aliphatic heterocycles. The minimum absolute atomic E-state index is 0.199. The van der Waals surface area contributed by atoms with Crippen molar-refractivity contribution in [1.29, 1.82) is 0 Å². The van der Waals surface area contributed by atoms with E-state index < -0.39 is 0 Å². The van der Waals surface area contributed by atoms with Gasteiger partial charge in [0.05, 0.1) is 12.4 Å². The molecule has 0 spiro atoms. The minimum atomic E-state index is 0.199. The molecular weight excluding hydrogens is 202 g/mol. The zero-order valence-electron chi connectivity index (χ0n) is 8.82. The molecule has 16 heavy (non-hydrogen) atoms. The van der Waals surface area contributed by atoms with Crippen molar-refractivity contribution in [3.8, 4) is 0 Å². The van der Waals surface area contributed by atoms with E-state index in [-0.39, 0.29) is 6.04 Å². The summed E-state index contributed by atoms with van der Waals surface area (Å²) in [7, 11) is 0. The standard InChI is InChI=1S/C11H13N5/c1-2-9(6-12-3-1)11(10-7-13-8-10)16-14-4-5-15-16/h1-6,10-11,13H,7-8H2. The lowest BCUT2D eigenvalue weighted by molar-refractivity contribution is 0.236. The van der Waals surface area contributed by atoms with Crippen LogP contribution < -0.4 is 5.32 Å². The fraction of sp³-hybridized carbons (Fsp3) is 0.364. The van der Waals surface area contributed by atoms with Crippen LogP contribution in [0.1, 0.15) is 11.6 Å². The number of nitrogens with zero attached hydrogens (tertiary/aromatic N) is 4. The van der Waals surface area contributed by atoms with Crippen LogP contribution in [0, 0.1) is 5.92 Å². The third-order valence-corrected chi connectivity index (χ3v) is 2.97. The number of nitrogens with one attached hydrogen (secondary N) is 1. The van der Waals surface area contributed by atoms with Crippen LogP contribution in [0.5, 0.6) is 0 Å². The van der Waals surface area contributed by atoms with E-state index >= 15 is 0 Å². The molecule has 1 N–H and O–H groups in total. The molecule has 0 saturated carbocycles. The van der Waals surface area contributed by atoms with E-state index in [1.54, 1.807) is 23.4 Å². The van der Waals surface area contributed by atoms with Crippen LogP contribution in [0.15, 0.2) is 36.9 Å². The highest BCUT2D eigenvalue weighted by molar-refractivity contribution is 5.16. The van der Waals surface area contributed by atoms with Crippen LogP contribution in [0.2, 0.25) is 0 Å². The van der Waals surface area contributed by atoms with Crippen molar-refractivity contribution in [2.75, 3.05) is 13.1 Å². The molecule has 3 heterocycles. The molecule has 0 amide bonds. The highest BCUT2D eigenvalue weighted by Gasteiger charge is 2.30. The summed E-state index contributed by atoms with van der Waals surface area (Å²) in [6.07, 6.45) is 7.12. The molecule has 0 radical (unpaired) electrons. The Kier molecular flexibility index (Phi) is 2.38. The second kappa shape index (κ2) is 4.02. The molecular formula is C11H13N5. The van der Waals surface area contributed by atoms with Crippen LogP contribution in [0.3, 0.4) is 0 Å². The second-order valence-electron chi connectivity index (χ2n) is 4.00. The van der Waals surface area contributed by atoms with Gasteiger partial charge in [-0.05, 0) is 11.6 Å². The minimum Gasteiger partial charge on any atom is -0.316 e. The van der Waals surface area contributed by atoms with Crippen molar-refractivity contribution < 1.29 is 0 Å². The van der Waals surface area contributed by atoms with Gasteiger partial charge in [-0.2, -0.15) is 15.0 Å². The Morgan fingerprint density at radius 3 is 2.62 bits per heavy atom. The van der Waals surface area contributed by atoms with E-state index in [9.17, 15) is 0 Å². The van der Waals surface area contributed by atoms with Gasteiger partial charge in [0, 0.05) is 31.4 Å². The number of hydrogen-bond acceptors (Lipinski definition) is 4. The van der Waals surface area contributed by atoms with Crippen molar-refractivity contribution >= 4 is 0 Å². The number of rotatable bonds is 3. The van der Waals surface area contributed by atoms with Crippen molar-refractivity contribution in [3.63, 3.8) is 0 Å². The van der Waals surface area contributed by atoms with Gasteiger partial charge < -0.3 is 5.32 Å². The predicted octanol–water partition coefficient (Wildman–Crippen LogP) is 0.482. The lowest BCUT2D eigenvalue weighted by atomic mass is 9.90. The molecule has 5 heteroatoms. The quantitative estimate of drug-likeness (QED) is 0.809. The largest absolute Gasteiger partial charge is 0.316 e. The lowest BCUT2D eigenvalue weighted by Gasteiger charge is -2.34. The van der Waals surface area contributed by atoms with Crippen molar-refractivity contribution in [2.45, 2.75) is 6.04 Å². The Labute approximate surface area is 93.5 Å². The third kappa shape index (κ3) is 1.59. The average molecular weight is 215 g/mol. The third-order valence-electron chi connectivity index (χ3n) is 2.97. The Bertz CT molecular complexity index is 435. The van der Waals surface area contributed by atoms with Gasteiger partial charge in [0.15, 0.2) is 0 Å². The number of hydrogen-bond donors (Lipinski definition) is 1. The van der Waals surface area contributed by atoms with Gasteiger partial charge in [-0.1, -0.05) is 6.07 Å². The van der Waals surface area contributed by atoms with E-state index in [0.717, 1.165) is 13.1 Å². The number of aromatic nitrogens is 4. The maximum atomic E-state index is 4.25. The van der Waals surface area contributed by atoms with Crippen molar-refractivity contribution in [2.24, 2.45) is 5.92 Å². The van der Waals surface area contributed by atoms with Gasteiger partial charge in [-0.15, -0.1) is 0 Å². The van der Waals surface area contributed by atoms with Gasteiger partial charge >= 0.3 is 0 Å². The summed E-state index contributed by atoms with van der Waals surface area (Å²) in [4.78, 5) is 5.95. The first-order valence-corrected chi connectivity index (χ1v) is 5.41. The molecule has 1 fully saturated rings. The summed E-state index contributed by atoms with van der Waals surface area (Å²) in [5, 5.41) is 11.8. The Balaban J connectivity index is 1.96. The van der Waals surface area contributed by atoms with E-state index in [1.165, 1.54) is 5.56 Å². The SMILES string of the molecule is c1cncc(C(C2CNC2)n2nccn2)c1. The topological polar surface area (TPSA) is 55.6 Å². The zero-order chi connectivity index (χ0) is 10.8. The molecule has 1 saturated heterocycles. The smallest absolute Gasteiger partial charge is 0.103 e. The first-order chi connectivity index (χ1) is 7.95. The number of pyridine rings is 1. The molecule has 0 bridgehead atoms. The summed E-state index contributed by atoms with van der Waals surface area (Å²) >= 11 is 0. The molecule has 1 atom stereocenters. The molecule has 0 aromatic carbocycles. The van der Waals surface area contributed by atoms with Crippen LogP contribution in [0.4, 0.5) is 0 Å². The first-order valence-electron chi connectivity index (χ1n) is 5.41. The highest BCUT2D eigenvalue weighted by Crippen LogP contribution is 2.27. The Morgan fingerprint density at radius 2 is 2.06 bits per heavy atom. The second-order valence-corrected chi connectivity index (χ2v) is 4.00. The molecule has 0 aliphatic carbocycles. The molecule has 1 aliphatic rings. The van der Waals surface area contributed by atoms with E-state index in [2.05, 4.69) is 26.6 Å². The van der Waals surface area contributed by atoms with Crippen molar-refractivity contribution in [1.82, 2.24) is 25.3 Å². The summed E-state index contributed by atoms with van der Waals surface area (Å²) < 4.78 is 0. The summed E-state index contributed by atoms with van der Waals surface area (Å²) in [5.41, 5.74) is 1.17. The fourth-order valence-corrected chi connectivity index (χ4v) is 2.05. The molecule has 2 aromatic heterocycles. The normalized spacial score (nSPS) is 18.0. The van der Waals surface area contributed by atoms with E-state index in [1.807, 2.05) is 12.3 Å². The maximum Gasteiger partial charge on any atom is 0.103 e. The Hall–Kier alpha value is -1.75. The molecule has 5 nitrogen and oxygen atoms in total. The van der Waals surface area contributed by atoms with Gasteiger partial charge in [0.2, 0.25) is 0 Å². The van der Waals surface area contributed by atoms with E-state index in [4.69, 9.17) is 0 Å². The molecule has 1 unspecified atom stereocenters. The van der Waals surface area contributed by atoms with Crippen molar-refractivity contribution in [3.05, 3.63) is 42.5 Å². The van der Waals surface area contributed by atoms with E-state index in [0.29, 0.717) is 5.92 Å². The van der Waals surface area contributed by atoms with Crippen LogP contribution in [0.25, 0.3) is 0 Å². The summed E-state index contributed by atoms with van der Waals surface area (Å²) in [6, 6.07) is 4.24. The highest BCUT2D eigenvalue weighted by atomic mass is 15.5. The van der Waals surface area contributed by atoms with Gasteiger partial charge in [0.1, 0.15) is 6.04 Å². The predicted molar refractivity (Wildman–Crippen MR) is 58.8 cm³/mol. The maximum absolute atomic E-state index is 4.25. The zero-order valence-corrected chi connectivity index (χ0v) is 8.82. The van der Waals surface area contributed by atoms with Crippen LogP contribution in [-0.2, 0) is 0 Å². The van der Waals surface area contributed by atoms with Gasteiger partial charge in [-0.25, -0.2) is 0 Å². The average Bonchev–Trinajstić information content (AvgIpc) is 2.77. The molecule has 82 valence electrons.